The third kappa shape index (κ3) is 2.32. The van der Waals surface area contributed by atoms with Crippen molar-refractivity contribution in [3.05, 3.63) is 28.5 Å². The molecule has 0 unspecified atom stereocenters. The molecule has 11 heavy (non-hydrogen) atoms. The highest BCUT2D eigenvalue weighted by molar-refractivity contribution is 9.10. The van der Waals surface area contributed by atoms with Crippen LogP contribution in [-0.4, -0.2) is 4.98 Å². The summed E-state index contributed by atoms with van der Waals surface area (Å²) in [5.74, 6) is 0. The van der Waals surface area contributed by atoms with Crippen molar-refractivity contribution in [1.29, 1.82) is 5.26 Å². The lowest BCUT2D eigenvalue weighted by Gasteiger charge is -1.97. The minimum absolute atomic E-state index is 0.546. The molecule has 0 aromatic carbocycles. The maximum Gasteiger partial charge on any atom is 0.109 e. The van der Waals surface area contributed by atoms with Crippen molar-refractivity contribution in [1.82, 2.24) is 4.98 Å². The zero-order valence-electron chi connectivity index (χ0n) is 5.92. The molecule has 56 valence electrons. The van der Waals surface area contributed by atoms with Gasteiger partial charge in [0.1, 0.15) is 4.60 Å². The molecule has 0 amide bonds. The van der Waals surface area contributed by atoms with Crippen LogP contribution in [0.3, 0.4) is 0 Å². The van der Waals surface area contributed by atoms with Gasteiger partial charge in [-0.05, 0) is 34.0 Å². The standard InChI is InChI=1S/C8H7BrN2/c9-8-7(3-1-5-10)4-2-6-11-8/h2,4,6H,1,3H2. The number of nitrogens with zero attached hydrogens (tertiary/aromatic N) is 2. The van der Waals surface area contributed by atoms with E-state index in [1.54, 1.807) is 6.20 Å². The van der Waals surface area contributed by atoms with Crippen molar-refractivity contribution >= 4 is 15.9 Å². The molecule has 0 bridgehead atoms. The molecular formula is C8H7BrN2. The summed E-state index contributed by atoms with van der Waals surface area (Å²) in [6.45, 7) is 0. The molecule has 2 nitrogen and oxygen atoms in total. The first-order valence-electron chi connectivity index (χ1n) is 3.31. The van der Waals surface area contributed by atoms with Gasteiger partial charge in [0, 0.05) is 12.6 Å². The maximum atomic E-state index is 8.33. The second kappa shape index (κ2) is 4.09. The van der Waals surface area contributed by atoms with E-state index in [4.69, 9.17) is 5.26 Å². The van der Waals surface area contributed by atoms with Crippen LogP contribution in [0.1, 0.15) is 12.0 Å². The normalized spacial score (nSPS) is 9.09. The van der Waals surface area contributed by atoms with Gasteiger partial charge in [-0.1, -0.05) is 6.07 Å². The number of pyridine rings is 1. The van der Waals surface area contributed by atoms with E-state index in [0.29, 0.717) is 6.42 Å². The summed E-state index contributed by atoms with van der Waals surface area (Å²) in [5, 5.41) is 8.33. The Morgan fingerprint density at radius 3 is 3.09 bits per heavy atom. The summed E-state index contributed by atoms with van der Waals surface area (Å²) >= 11 is 3.31. The zero-order chi connectivity index (χ0) is 8.10. The van der Waals surface area contributed by atoms with E-state index in [-0.39, 0.29) is 0 Å². The van der Waals surface area contributed by atoms with E-state index in [1.807, 2.05) is 12.1 Å². The molecule has 3 heteroatoms. The number of rotatable bonds is 2. The molecule has 1 aromatic heterocycles. The van der Waals surface area contributed by atoms with Crippen LogP contribution in [0.25, 0.3) is 0 Å². The summed E-state index contributed by atoms with van der Waals surface area (Å²) in [7, 11) is 0. The number of aryl methyl sites for hydroxylation is 1. The lowest BCUT2D eigenvalue weighted by Crippen LogP contribution is -1.87. The molecule has 0 saturated carbocycles. The number of nitriles is 1. The van der Waals surface area contributed by atoms with E-state index >= 15 is 0 Å². The Kier molecular flexibility index (Phi) is 3.06. The summed E-state index contributed by atoms with van der Waals surface area (Å²) in [6, 6.07) is 5.93. The highest BCUT2D eigenvalue weighted by atomic mass is 79.9. The van der Waals surface area contributed by atoms with Crippen molar-refractivity contribution in [3.8, 4) is 6.07 Å². The van der Waals surface area contributed by atoms with Crippen LogP contribution in [0, 0.1) is 11.3 Å². The molecule has 0 aliphatic rings. The van der Waals surface area contributed by atoms with Crippen LogP contribution in [0.4, 0.5) is 0 Å². The molecule has 1 aromatic rings. The highest BCUT2D eigenvalue weighted by Gasteiger charge is 1.97. The van der Waals surface area contributed by atoms with Crippen LogP contribution >= 0.6 is 15.9 Å². The highest BCUT2D eigenvalue weighted by Crippen LogP contribution is 2.13. The lowest BCUT2D eigenvalue weighted by atomic mass is 10.2. The second-order valence-corrected chi connectivity index (χ2v) is 2.86. The Bertz CT molecular complexity index is 278. The fourth-order valence-electron chi connectivity index (χ4n) is 0.796. The van der Waals surface area contributed by atoms with Gasteiger partial charge in [0.2, 0.25) is 0 Å². The Morgan fingerprint density at radius 1 is 1.64 bits per heavy atom. The van der Waals surface area contributed by atoms with Crippen molar-refractivity contribution in [3.63, 3.8) is 0 Å². The Morgan fingerprint density at radius 2 is 2.45 bits per heavy atom. The van der Waals surface area contributed by atoms with Crippen LogP contribution < -0.4 is 0 Å². The average Bonchev–Trinajstić information content (AvgIpc) is 2.03. The lowest BCUT2D eigenvalue weighted by molar-refractivity contribution is 0.983. The molecular weight excluding hydrogens is 204 g/mol. The van der Waals surface area contributed by atoms with Crippen LogP contribution in [0.15, 0.2) is 22.9 Å². The fraction of sp³-hybridized carbons (Fsp3) is 0.250. The van der Waals surface area contributed by atoms with Crippen LogP contribution in [0.5, 0.6) is 0 Å². The Labute approximate surface area is 74.0 Å². The molecule has 1 heterocycles. The fourth-order valence-corrected chi connectivity index (χ4v) is 1.25. The van der Waals surface area contributed by atoms with Gasteiger partial charge in [0.15, 0.2) is 0 Å². The van der Waals surface area contributed by atoms with Gasteiger partial charge in [-0.25, -0.2) is 4.98 Å². The number of halogens is 1. The Balaban J connectivity index is 2.71. The van der Waals surface area contributed by atoms with Crippen molar-refractivity contribution in [2.45, 2.75) is 12.8 Å². The largest absolute Gasteiger partial charge is 0.249 e. The monoisotopic (exact) mass is 210 g/mol. The average molecular weight is 211 g/mol. The summed E-state index contributed by atoms with van der Waals surface area (Å²) in [5.41, 5.74) is 1.09. The van der Waals surface area contributed by atoms with Crippen molar-refractivity contribution in [2.24, 2.45) is 0 Å². The number of hydrogen-bond donors (Lipinski definition) is 0. The molecule has 0 saturated heterocycles. The Hall–Kier alpha value is -0.880. The van der Waals surface area contributed by atoms with Crippen LogP contribution in [-0.2, 0) is 6.42 Å². The van der Waals surface area contributed by atoms with E-state index in [1.165, 1.54) is 0 Å². The molecule has 0 atom stereocenters. The number of hydrogen-bond acceptors (Lipinski definition) is 2. The van der Waals surface area contributed by atoms with Gasteiger partial charge in [0.05, 0.1) is 6.07 Å². The summed E-state index contributed by atoms with van der Waals surface area (Å²) in [6.07, 6.45) is 3.04. The first kappa shape index (κ1) is 8.22. The van der Waals surface area contributed by atoms with Gasteiger partial charge in [0.25, 0.3) is 0 Å². The first-order chi connectivity index (χ1) is 5.34. The van der Waals surface area contributed by atoms with Gasteiger partial charge in [-0.2, -0.15) is 5.26 Å². The van der Waals surface area contributed by atoms with Crippen molar-refractivity contribution < 1.29 is 0 Å². The summed E-state index contributed by atoms with van der Waals surface area (Å²) in [4.78, 5) is 4.04. The molecule has 0 radical (unpaired) electrons. The third-order valence-corrected chi connectivity index (χ3v) is 2.06. The molecule has 1 rings (SSSR count). The SMILES string of the molecule is N#CCCc1cccnc1Br. The molecule has 0 aliphatic carbocycles. The summed E-state index contributed by atoms with van der Waals surface area (Å²) < 4.78 is 0.843. The quantitative estimate of drug-likeness (QED) is 0.703. The minimum Gasteiger partial charge on any atom is -0.249 e. The predicted molar refractivity (Wildman–Crippen MR) is 45.9 cm³/mol. The third-order valence-electron chi connectivity index (χ3n) is 1.34. The predicted octanol–water partition coefficient (Wildman–Crippen LogP) is 2.30. The molecule has 0 spiro atoms. The van der Waals surface area contributed by atoms with Gasteiger partial charge >= 0.3 is 0 Å². The van der Waals surface area contributed by atoms with Gasteiger partial charge in [-0.15, -0.1) is 0 Å². The smallest absolute Gasteiger partial charge is 0.109 e. The van der Waals surface area contributed by atoms with E-state index in [9.17, 15) is 0 Å². The number of aromatic nitrogens is 1. The maximum absolute atomic E-state index is 8.33. The van der Waals surface area contributed by atoms with Crippen LogP contribution in [0.2, 0.25) is 0 Å². The van der Waals surface area contributed by atoms with E-state index in [0.717, 1.165) is 16.6 Å². The second-order valence-electron chi connectivity index (χ2n) is 2.11. The molecule has 0 N–H and O–H groups in total. The minimum atomic E-state index is 0.546. The zero-order valence-corrected chi connectivity index (χ0v) is 7.50. The van der Waals surface area contributed by atoms with Gasteiger partial charge < -0.3 is 0 Å². The van der Waals surface area contributed by atoms with E-state index in [2.05, 4.69) is 27.0 Å². The first-order valence-corrected chi connectivity index (χ1v) is 4.10. The molecule has 0 aliphatic heterocycles. The van der Waals surface area contributed by atoms with E-state index < -0.39 is 0 Å². The van der Waals surface area contributed by atoms with Crippen molar-refractivity contribution in [2.75, 3.05) is 0 Å². The van der Waals surface area contributed by atoms with Gasteiger partial charge in [-0.3, -0.25) is 0 Å². The topological polar surface area (TPSA) is 36.7 Å². The molecule has 0 fully saturated rings.